The molecule has 1 aliphatic carbocycles. The first kappa shape index (κ1) is 27.1. The lowest BCUT2D eigenvalue weighted by atomic mass is 10.0. The number of amidine groups is 1. The molecule has 0 unspecified atom stereocenters. The summed E-state index contributed by atoms with van der Waals surface area (Å²) in [6, 6.07) is 10.5. The predicted octanol–water partition coefficient (Wildman–Crippen LogP) is 4.88. The minimum atomic E-state index is -0.776. The highest BCUT2D eigenvalue weighted by Crippen LogP contribution is 2.32. The summed E-state index contributed by atoms with van der Waals surface area (Å²) in [7, 11) is 3.59. The van der Waals surface area contributed by atoms with E-state index in [2.05, 4.69) is 34.2 Å². The van der Waals surface area contributed by atoms with E-state index >= 15 is 0 Å². The first-order chi connectivity index (χ1) is 18.2. The number of methoxy groups -OCH3 is 1. The number of likely N-dealkylation sites (tertiary alicyclic amines) is 1. The molecule has 1 fully saturated rings. The van der Waals surface area contributed by atoms with Crippen LogP contribution in [0.25, 0.3) is 0 Å². The lowest BCUT2D eigenvalue weighted by Gasteiger charge is -2.29. The van der Waals surface area contributed by atoms with E-state index in [0.717, 1.165) is 37.7 Å². The smallest absolute Gasteiger partial charge is 0.251 e. The zero-order chi connectivity index (χ0) is 27.2. The van der Waals surface area contributed by atoms with Crippen molar-refractivity contribution in [1.82, 2.24) is 10.2 Å². The molecule has 1 amide bonds. The summed E-state index contributed by atoms with van der Waals surface area (Å²) in [5, 5.41) is 6.15. The van der Waals surface area contributed by atoms with E-state index < -0.39 is 5.83 Å². The van der Waals surface area contributed by atoms with E-state index in [9.17, 15) is 14.0 Å². The Balaban J connectivity index is 1.38. The molecule has 0 saturated carbocycles. The molecular weight excluding hydrogens is 487 g/mol. The Morgan fingerprint density at radius 1 is 1.18 bits per heavy atom. The molecular formula is C29H33FN4O4. The topological polar surface area (TPSA) is 92.3 Å². The van der Waals surface area contributed by atoms with Crippen LogP contribution >= 0.6 is 0 Å². The second-order valence-electron chi connectivity index (χ2n) is 9.52. The summed E-state index contributed by atoms with van der Waals surface area (Å²) in [4.78, 5) is 31.2. The number of ketones is 1. The van der Waals surface area contributed by atoms with Crippen LogP contribution in [0.1, 0.15) is 52.5 Å². The van der Waals surface area contributed by atoms with Gasteiger partial charge in [-0.25, -0.2) is 9.38 Å². The summed E-state index contributed by atoms with van der Waals surface area (Å²) in [5.74, 6) is -0.0634. The minimum absolute atomic E-state index is 0.0230. The molecule has 9 heteroatoms. The maximum atomic E-state index is 14.7. The molecule has 38 heavy (non-hydrogen) atoms. The molecule has 1 heterocycles. The number of aryl methyl sites for hydroxylation is 1. The van der Waals surface area contributed by atoms with Gasteiger partial charge in [0.05, 0.1) is 24.6 Å². The van der Waals surface area contributed by atoms with Crippen molar-refractivity contribution in [2.45, 2.75) is 38.6 Å². The zero-order valence-electron chi connectivity index (χ0n) is 22.0. The Labute approximate surface area is 222 Å². The van der Waals surface area contributed by atoms with Gasteiger partial charge in [-0.05, 0) is 76.2 Å². The number of fused-ring (bicyclic) bond motifs is 1. The van der Waals surface area contributed by atoms with Crippen LogP contribution in [-0.2, 0) is 6.42 Å². The average molecular weight is 521 g/mol. The van der Waals surface area contributed by atoms with E-state index in [4.69, 9.17) is 9.47 Å². The van der Waals surface area contributed by atoms with Crippen LogP contribution < -0.4 is 20.1 Å². The molecule has 8 nitrogen and oxygen atoms in total. The van der Waals surface area contributed by atoms with Crippen molar-refractivity contribution in [3.63, 3.8) is 0 Å². The van der Waals surface area contributed by atoms with Gasteiger partial charge in [0.15, 0.2) is 17.4 Å². The molecule has 2 aromatic rings. The zero-order valence-corrected chi connectivity index (χ0v) is 22.0. The number of nitrogens with one attached hydrogen (secondary N) is 2. The van der Waals surface area contributed by atoms with E-state index in [-0.39, 0.29) is 23.5 Å². The van der Waals surface area contributed by atoms with Gasteiger partial charge in [0.25, 0.3) is 5.91 Å². The average Bonchev–Trinajstić information content (AvgIpc) is 3.30. The summed E-state index contributed by atoms with van der Waals surface area (Å²) in [6.45, 7) is 7.21. The van der Waals surface area contributed by atoms with E-state index in [1.807, 2.05) is 6.07 Å². The number of aliphatic imine (C=N–C) groups is 1. The van der Waals surface area contributed by atoms with Crippen LogP contribution in [-0.4, -0.2) is 55.7 Å². The van der Waals surface area contributed by atoms with Gasteiger partial charge in [-0.1, -0.05) is 18.7 Å². The molecule has 1 aliphatic heterocycles. The van der Waals surface area contributed by atoms with Gasteiger partial charge in [-0.15, -0.1) is 0 Å². The number of ether oxygens (including phenoxy) is 2. The van der Waals surface area contributed by atoms with Gasteiger partial charge in [-0.2, -0.15) is 0 Å². The normalized spacial score (nSPS) is 16.7. The van der Waals surface area contributed by atoms with Gasteiger partial charge >= 0.3 is 0 Å². The lowest BCUT2D eigenvalue weighted by molar-refractivity contribution is 0.0915. The second-order valence-corrected chi connectivity index (χ2v) is 9.52. The molecule has 1 saturated heterocycles. The van der Waals surface area contributed by atoms with Crippen LogP contribution in [0.2, 0.25) is 0 Å². The molecule has 0 bridgehead atoms. The van der Waals surface area contributed by atoms with Crippen LogP contribution in [0, 0.1) is 0 Å². The summed E-state index contributed by atoms with van der Waals surface area (Å²) < 4.78 is 25.7. The van der Waals surface area contributed by atoms with Crippen molar-refractivity contribution in [3.8, 4) is 11.5 Å². The van der Waals surface area contributed by atoms with Crippen molar-refractivity contribution in [3.05, 3.63) is 77.5 Å². The Hall–Kier alpha value is -3.98. The number of rotatable bonds is 8. The van der Waals surface area contributed by atoms with E-state index in [0.29, 0.717) is 47.0 Å². The third-order valence-corrected chi connectivity index (χ3v) is 6.72. The number of carbonyl (C=O) groups excluding carboxylic acids is 2. The summed E-state index contributed by atoms with van der Waals surface area (Å²) in [5.41, 5.74) is 2.44. The third-order valence-electron chi connectivity index (χ3n) is 6.72. The summed E-state index contributed by atoms with van der Waals surface area (Å²) in [6.07, 6.45) is 3.90. The standard InChI is InChI=1S/C29H33FN4O4/c1-18(38-26-7-5-6-20-9-11-25(35)28(20)26)23(30)17-31-19(2)32-24-10-8-21(16-27(24)37-4)29(36)33-22-12-14-34(3)15-13-22/h5-8,10,16-17,22H,1,9,11-15H2,2-4H3,(H,31,32)(H,33,36)/b23-17+. The van der Waals surface area contributed by atoms with Crippen molar-refractivity contribution >= 4 is 23.2 Å². The highest BCUT2D eigenvalue weighted by atomic mass is 19.1. The predicted molar refractivity (Wildman–Crippen MR) is 146 cm³/mol. The first-order valence-corrected chi connectivity index (χ1v) is 12.6. The van der Waals surface area contributed by atoms with Crippen molar-refractivity contribution in [1.29, 1.82) is 0 Å². The molecule has 200 valence electrons. The Morgan fingerprint density at radius 2 is 1.95 bits per heavy atom. The number of hydrogen-bond donors (Lipinski definition) is 2. The van der Waals surface area contributed by atoms with Gasteiger partial charge in [0, 0.05) is 18.0 Å². The van der Waals surface area contributed by atoms with Gasteiger partial charge in [0.2, 0.25) is 0 Å². The van der Waals surface area contributed by atoms with Crippen molar-refractivity contribution in [2.24, 2.45) is 4.99 Å². The van der Waals surface area contributed by atoms with Gasteiger partial charge in [0.1, 0.15) is 17.3 Å². The largest absolute Gasteiger partial charge is 0.495 e. The number of allylic oxidation sites excluding steroid dienone is 1. The quantitative estimate of drug-likeness (QED) is 0.223. The highest BCUT2D eigenvalue weighted by molar-refractivity contribution is 6.03. The lowest BCUT2D eigenvalue weighted by Crippen LogP contribution is -2.43. The van der Waals surface area contributed by atoms with Gasteiger partial charge < -0.3 is 25.0 Å². The molecule has 2 aliphatic rings. The number of anilines is 1. The fourth-order valence-electron chi connectivity index (χ4n) is 4.55. The number of carbonyl (C=O) groups is 2. The maximum absolute atomic E-state index is 14.7. The number of halogens is 1. The molecule has 2 N–H and O–H groups in total. The molecule has 0 spiro atoms. The maximum Gasteiger partial charge on any atom is 0.251 e. The van der Waals surface area contributed by atoms with E-state index in [1.165, 1.54) is 7.11 Å². The SMILES string of the molecule is C=C(Oc1cccc2c1C(=O)CC2)/C(F)=C\N=C(C)Nc1ccc(C(=O)NC2CCN(C)CC2)cc1OC. The molecule has 4 rings (SSSR count). The Bertz CT molecular complexity index is 1300. The van der Waals surface area contributed by atoms with Crippen LogP contribution in [0.15, 0.2) is 65.8 Å². The van der Waals surface area contributed by atoms with E-state index in [1.54, 1.807) is 37.3 Å². The number of Topliss-reactive ketones (excluding diaryl/α,β-unsaturated/α-hetero) is 1. The molecule has 0 aromatic heterocycles. The summed E-state index contributed by atoms with van der Waals surface area (Å²) >= 11 is 0. The number of hydrogen-bond acceptors (Lipinski definition) is 6. The Kier molecular flexibility index (Phi) is 8.58. The minimum Gasteiger partial charge on any atom is -0.495 e. The molecule has 0 atom stereocenters. The monoisotopic (exact) mass is 520 g/mol. The van der Waals surface area contributed by atoms with Crippen molar-refractivity contribution in [2.75, 3.05) is 32.6 Å². The fraction of sp³-hybridized carbons (Fsp3) is 0.345. The molecule has 0 radical (unpaired) electrons. The van der Waals surface area contributed by atoms with Gasteiger partial charge in [-0.3, -0.25) is 9.59 Å². The highest BCUT2D eigenvalue weighted by Gasteiger charge is 2.24. The Morgan fingerprint density at radius 3 is 2.68 bits per heavy atom. The first-order valence-electron chi connectivity index (χ1n) is 12.6. The van der Waals surface area contributed by atoms with Crippen molar-refractivity contribution < 1.29 is 23.5 Å². The third kappa shape index (κ3) is 6.47. The van der Waals surface area contributed by atoms with Crippen LogP contribution in [0.5, 0.6) is 11.5 Å². The van der Waals surface area contributed by atoms with Crippen LogP contribution in [0.3, 0.4) is 0 Å². The van der Waals surface area contributed by atoms with Crippen LogP contribution in [0.4, 0.5) is 10.1 Å². The second kappa shape index (κ2) is 12.0. The fourth-order valence-corrected chi connectivity index (χ4v) is 4.55. The number of nitrogens with zero attached hydrogens (tertiary/aromatic N) is 2. The molecule has 2 aromatic carbocycles. The number of benzene rings is 2. The number of amides is 1. The number of piperidine rings is 1.